The summed E-state index contributed by atoms with van der Waals surface area (Å²) in [4.78, 5) is 12.3. The molecule has 21 heavy (non-hydrogen) atoms. The van der Waals surface area contributed by atoms with E-state index in [9.17, 15) is 4.79 Å². The topological polar surface area (TPSA) is 35.5 Å². The van der Waals surface area contributed by atoms with Crippen LogP contribution in [0.2, 0.25) is 0 Å². The van der Waals surface area contributed by atoms with Gasteiger partial charge in [0.1, 0.15) is 12.0 Å². The van der Waals surface area contributed by atoms with Crippen LogP contribution in [0.15, 0.2) is 35.6 Å². The van der Waals surface area contributed by atoms with Crippen molar-refractivity contribution in [2.24, 2.45) is 0 Å². The molecule has 1 aromatic rings. The summed E-state index contributed by atoms with van der Waals surface area (Å²) < 4.78 is 11.0. The highest BCUT2D eigenvalue weighted by Crippen LogP contribution is 2.39. The number of carbonyl (C=O) groups is 1. The predicted octanol–water partition coefficient (Wildman–Crippen LogP) is 4.11. The molecule has 0 bridgehead atoms. The summed E-state index contributed by atoms with van der Waals surface area (Å²) in [5, 5.41) is 0. The summed E-state index contributed by atoms with van der Waals surface area (Å²) in [5.74, 6) is 0.403. The van der Waals surface area contributed by atoms with E-state index in [0.29, 0.717) is 0 Å². The molecule has 2 unspecified atom stereocenters. The maximum absolute atomic E-state index is 12.3. The molecule has 0 saturated carbocycles. The van der Waals surface area contributed by atoms with Crippen LogP contribution < -0.4 is 0 Å². The van der Waals surface area contributed by atoms with E-state index in [1.54, 1.807) is 7.11 Å². The summed E-state index contributed by atoms with van der Waals surface area (Å²) >= 11 is 0. The Balaban J connectivity index is 2.42. The highest BCUT2D eigenvalue weighted by Gasteiger charge is 2.40. The van der Waals surface area contributed by atoms with Crippen molar-refractivity contribution in [2.75, 3.05) is 7.11 Å². The maximum atomic E-state index is 12.3. The van der Waals surface area contributed by atoms with E-state index in [1.165, 1.54) is 5.56 Å². The normalized spacial score (nSPS) is 23.9. The zero-order valence-corrected chi connectivity index (χ0v) is 13.3. The second kappa shape index (κ2) is 6.79. The van der Waals surface area contributed by atoms with Crippen LogP contribution in [-0.4, -0.2) is 19.2 Å². The van der Waals surface area contributed by atoms with Crippen LogP contribution in [0.1, 0.15) is 50.2 Å². The molecule has 3 heteroatoms. The lowest BCUT2D eigenvalue weighted by Crippen LogP contribution is -2.11. The number of unbranched alkanes of at least 4 members (excludes halogenated alkanes) is 1. The number of methoxy groups -OCH3 is 1. The van der Waals surface area contributed by atoms with Gasteiger partial charge in [-0.3, -0.25) is 4.79 Å². The van der Waals surface area contributed by atoms with Crippen molar-refractivity contribution in [3.63, 3.8) is 0 Å². The van der Waals surface area contributed by atoms with E-state index in [-0.39, 0.29) is 18.0 Å². The van der Waals surface area contributed by atoms with E-state index in [2.05, 4.69) is 6.92 Å². The molecule has 2 atom stereocenters. The molecule has 0 aliphatic carbocycles. The number of rotatable bonds is 5. The summed E-state index contributed by atoms with van der Waals surface area (Å²) in [6, 6.07) is 8.07. The van der Waals surface area contributed by atoms with Crippen LogP contribution in [0.5, 0.6) is 0 Å². The molecule has 1 saturated heterocycles. The van der Waals surface area contributed by atoms with Gasteiger partial charge in [0.15, 0.2) is 0 Å². The van der Waals surface area contributed by atoms with Gasteiger partial charge in [-0.25, -0.2) is 0 Å². The van der Waals surface area contributed by atoms with Crippen LogP contribution in [0.25, 0.3) is 0 Å². The van der Waals surface area contributed by atoms with E-state index >= 15 is 0 Å². The molecule has 0 amide bonds. The average molecular weight is 288 g/mol. The molecule has 114 valence electrons. The Morgan fingerprint density at radius 1 is 1.29 bits per heavy atom. The third kappa shape index (κ3) is 3.29. The Hall–Kier alpha value is -1.77. The number of cyclic esters (lactones) is 1. The molecule has 0 aromatic heterocycles. The number of esters is 1. The van der Waals surface area contributed by atoms with Crippen LogP contribution in [-0.2, 0) is 14.3 Å². The molecule has 2 rings (SSSR count). The monoisotopic (exact) mass is 288 g/mol. The molecule has 1 heterocycles. The zero-order chi connectivity index (χ0) is 15.4. The van der Waals surface area contributed by atoms with Crippen molar-refractivity contribution < 1.29 is 14.3 Å². The van der Waals surface area contributed by atoms with Crippen molar-refractivity contribution in [3.05, 3.63) is 46.7 Å². The SMILES string of the molecule is CCCC/C(OC)=C1/C(C)OC(=O)C1c1ccc(C)cc1. The molecule has 0 spiro atoms. The highest BCUT2D eigenvalue weighted by atomic mass is 16.6. The predicted molar refractivity (Wildman–Crippen MR) is 83.0 cm³/mol. The van der Waals surface area contributed by atoms with Gasteiger partial charge in [0.05, 0.1) is 12.9 Å². The van der Waals surface area contributed by atoms with Crippen molar-refractivity contribution in [1.82, 2.24) is 0 Å². The Morgan fingerprint density at radius 3 is 2.52 bits per heavy atom. The van der Waals surface area contributed by atoms with Crippen LogP contribution in [0, 0.1) is 6.92 Å². The number of hydrogen-bond donors (Lipinski definition) is 0. The summed E-state index contributed by atoms with van der Waals surface area (Å²) in [5.41, 5.74) is 3.15. The van der Waals surface area contributed by atoms with E-state index in [4.69, 9.17) is 9.47 Å². The molecule has 1 fully saturated rings. The smallest absolute Gasteiger partial charge is 0.318 e. The van der Waals surface area contributed by atoms with Gasteiger partial charge in [-0.1, -0.05) is 43.2 Å². The van der Waals surface area contributed by atoms with Gasteiger partial charge in [0.2, 0.25) is 0 Å². The summed E-state index contributed by atoms with van der Waals surface area (Å²) in [6.45, 7) is 6.11. The molecule has 3 nitrogen and oxygen atoms in total. The Kier molecular flexibility index (Phi) is 5.05. The van der Waals surface area contributed by atoms with Gasteiger partial charge in [0, 0.05) is 12.0 Å². The Labute approximate surface area is 127 Å². The fourth-order valence-corrected chi connectivity index (χ4v) is 2.83. The van der Waals surface area contributed by atoms with Crippen molar-refractivity contribution in [1.29, 1.82) is 0 Å². The van der Waals surface area contributed by atoms with Gasteiger partial charge in [0.25, 0.3) is 0 Å². The minimum absolute atomic E-state index is 0.174. The molecule has 1 aromatic carbocycles. The van der Waals surface area contributed by atoms with Gasteiger partial charge in [-0.2, -0.15) is 0 Å². The number of carbonyl (C=O) groups excluding carboxylic acids is 1. The lowest BCUT2D eigenvalue weighted by atomic mass is 9.88. The van der Waals surface area contributed by atoms with Gasteiger partial charge in [-0.05, 0) is 25.8 Å². The minimum Gasteiger partial charge on any atom is -0.501 e. The first-order valence-corrected chi connectivity index (χ1v) is 7.62. The van der Waals surface area contributed by atoms with Crippen LogP contribution >= 0.6 is 0 Å². The summed E-state index contributed by atoms with van der Waals surface area (Å²) in [6.07, 6.45) is 2.79. The van der Waals surface area contributed by atoms with Crippen molar-refractivity contribution in [3.8, 4) is 0 Å². The largest absolute Gasteiger partial charge is 0.501 e. The number of aryl methyl sites for hydroxylation is 1. The van der Waals surface area contributed by atoms with Crippen LogP contribution in [0.3, 0.4) is 0 Å². The first-order chi connectivity index (χ1) is 10.1. The third-order valence-electron chi connectivity index (χ3n) is 4.01. The Morgan fingerprint density at radius 2 is 1.95 bits per heavy atom. The fourth-order valence-electron chi connectivity index (χ4n) is 2.83. The van der Waals surface area contributed by atoms with E-state index in [0.717, 1.165) is 36.2 Å². The van der Waals surface area contributed by atoms with Crippen molar-refractivity contribution >= 4 is 5.97 Å². The lowest BCUT2D eigenvalue weighted by Gasteiger charge is -2.16. The molecular weight excluding hydrogens is 264 g/mol. The second-order valence-corrected chi connectivity index (χ2v) is 5.61. The molecule has 0 radical (unpaired) electrons. The van der Waals surface area contributed by atoms with Crippen molar-refractivity contribution in [2.45, 2.75) is 52.1 Å². The fraction of sp³-hybridized carbons (Fsp3) is 0.500. The number of ether oxygens (including phenoxy) is 2. The van der Waals surface area contributed by atoms with E-state index < -0.39 is 0 Å². The second-order valence-electron chi connectivity index (χ2n) is 5.61. The van der Waals surface area contributed by atoms with Gasteiger partial charge in [-0.15, -0.1) is 0 Å². The first-order valence-electron chi connectivity index (χ1n) is 7.62. The number of benzene rings is 1. The quantitative estimate of drug-likeness (QED) is 0.604. The molecule has 1 aliphatic rings. The number of hydrogen-bond acceptors (Lipinski definition) is 3. The standard InChI is InChI=1S/C18H24O3/c1-5-6-7-15(20-4)16-13(3)21-18(19)17(16)14-10-8-12(2)9-11-14/h8-11,13,17H,5-7H2,1-4H3/b16-15+. The zero-order valence-electron chi connectivity index (χ0n) is 13.3. The summed E-state index contributed by atoms with van der Waals surface area (Å²) in [7, 11) is 1.68. The van der Waals surface area contributed by atoms with E-state index in [1.807, 2.05) is 38.1 Å². The average Bonchev–Trinajstić information content (AvgIpc) is 2.76. The molecule has 0 N–H and O–H groups in total. The van der Waals surface area contributed by atoms with Crippen LogP contribution in [0.4, 0.5) is 0 Å². The van der Waals surface area contributed by atoms with Gasteiger partial charge >= 0.3 is 5.97 Å². The number of allylic oxidation sites excluding steroid dienone is 1. The Bertz CT molecular complexity index is 528. The molecular formula is C18H24O3. The maximum Gasteiger partial charge on any atom is 0.318 e. The third-order valence-corrected chi connectivity index (χ3v) is 4.01. The molecule has 1 aliphatic heterocycles. The minimum atomic E-state index is -0.326. The lowest BCUT2D eigenvalue weighted by molar-refractivity contribution is -0.141. The highest BCUT2D eigenvalue weighted by molar-refractivity contribution is 5.85. The first kappa shape index (κ1) is 15.6. The van der Waals surface area contributed by atoms with Gasteiger partial charge < -0.3 is 9.47 Å².